The molecule has 0 aromatic carbocycles. The summed E-state index contributed by atoms with van der Waals surface area (Å²) < 4.78 is 10.1. The second-order valence-electron chi connectivity index (χ2n) is 5.92. The number of carboxylic acid groups (broad SMARTS) is 1. The number of ether oxygens (including phenoxy) is 2. The van der Waals surface area contributed by atoms with E-state index >= 15 is 0 Å². The van der Waals surface area contributed by atoms with Gasteiger partial charge in [0.1, 0.15) is 0 Å². The van der Waals surface area contributed by atoms with Gasteiger partial charge < -0.3 is 14.6 Å². The van der Waals surface area contributed by atoms with E-state index in [-0.39, 0.29) is 24.5 Å². The lowest BCUT2D eigenvalue weighted by Gasteiger charge is -2.38. The summed E-state index contributed by atoms with van der Waals surface area (Å²) in [6.45, 7) is 6.49. The highest BCUT2D eigenvalue weighted by atomic mass is 16.7. The highest BCUT2D eigenvalue weighted by molar-refractivity contribution is 5.75. The van der Waals surface area contributed by atoms with Gasteiger partial charge in [0.25, 0.3) is 0 Å². The lowest BCUT2D eigenvalue weighted by Crippen LogP contribution is -2.33. The maximum atomic E-state index is 11.5. The fourth-order valence-corrected chi connectivity index (χ4v) is 3.11. The summed E-state index contributed by atoms with van der Waals surface area (Å²) >= 11 is 0. The van der Waals surface area contributed by atoms with E-state index < -0.39 is 18.0 Å². The van der Waals surface area contributed by atoms with Crippen LogP contribution in [0.5, 0.6) is 0 Å². The molecule has 0 spiro atoms. The van der Waals surface area contributed by atoms with Gasteiger partial charge in [0.2, 0.25) is 0 Å². The van der Waals surface area contributed by atoms with Crippen LogP contribution in [0.1, 0.15) is 46.5 Å². The third-order valence-electron chi connectivity index (χ3n) is 4.26. The molecule has 0 amide bonds. The van der Waals surface area contributed by atoms with Gasteiger partial charge in [0.05, 0.1) is 19.1 Å². The van der Waals surface area contributed by atoms with Crippen molar-refractivity contribution in [3.63, 3.8) is 0 Å². The lowest BCUT2D eigenvalue weighted by molar-refractivity contribution is -0.138. The monoisotopic (exact) mass is 324 g/mol. The van der Waals surface area contributed by atoms with Gasteiger partial charge in [-0.1, -0.05) is 51.0 Å². The predicted octanol–water partition coefficient (Wildman–Crippen LogP) is 4.19. The van der Waals surface area contributed by atoms with Crippen molar-refractivity contribution in [3.8, 4) is 0 Å². The van der Waals surface area contributed by atoms with Gasteiger partial charge in [-0.25, -0.2) is 4.79 Å². The Labute approximate surface area is 138 Å². The van der Waals surface area contributed by atoms with E-state index in [1.165, 1.54) is 0 Å². The second kappa shape index (κ2) is 9.38. The molecular weight excluding hydrogens is 296 g/mol. The molecule has 0 saturated heterocycles. The molecule has 130 valence electrons. The molecule has 0 radical (unpaired) electrons. The van der Waals surface area contributed by atoms with E-state index in [0.29, 0.717) is 0 Å². The Kier molecular flexibility index (Phi) is 7.86. The third-order valence-corrected chi connectivity index (χ3v) is 4.26. The Bertz CT molecular complexity index is 438. The number of carbonyl (C=O) groups excluding carboxylic acids is 1. The van der Waals surface area contributed by atoms with Gasteiger partial charge in [0.15, 0.2) is 0 Å². The summed E-state index contributed by atoms with van der Waals surface area (Å²) in [6, 6.07) is 0. The Morgan fingerprint density at radius 1 is 1.13 bits per heavy atom. The van der Waals surface area contributed by atoms with Crippen LogP contribution in [0.15, 0.2) is 24.3 Å². The zero-order chi connectivity index (χ0) is 17.3. The van der Waals surface area contributed by atoms with Crippen molar-refractivity contribution in [1.82, 2.24) is 0 Å². The smallest absolute Gasteiger partial charge is 0.481 e. The van der Waals surface area contributed by atoms with Crippen LogP contribution in [-0.2, 0) is 14.3 Å². The van der Waals surface area contributed by atoms with Crippen LogP contribution in [-0.4, -0.2) is 30.4 Å². The number of aliphatic carboxylic acids is 1. The first-order chi connectivity index (χ1) is 11.0. The Morgan fingerprint density at radius 3 is 2.26 bits per heavy atom. The first-order valence-corrected chi connectivity index (χ1v) is 8.40. The fraction of sp³-hybridized carbons (Fsp3) is 0.667. The van der Waals surface area contributed by atoms with Crippen molar-refractivity contribution >= 4 is 12.1 Å². The summed E-state index contributed by atoms with van der Waals surface area (Å²) in [4.78, 5) is 22.6. The molecular formula is C18H28O5. The Morgan fingerprint density at radius 2 is 1.78 bits per heavy atom. The van der Waals surface area contributed by atoms with Crippen LogP contribution in [0.25, 0.3) is 0 Å². The number of hydrogen-bond donors (Lipinski definition) is 1. The number of rotatable bonds is 9. The molecule has 1 N–H and O–H groups in total. The van der Waals surface area contributed by atoms with Crippen molar-refractivity contribution in [2.75, 3.05) is 13.2 Å². The summed E-state index contributed by atoms with van der Waals surface area (Å²) in [6.07, 6.45) is 10.5. The van der Waals surface area contributed by atoms with E-state index in [0.717, 1.165) is 25.7 Å². The van der Waals surface area contributed by atoms with Gasteiger partial charge in [-0.3, -0.25) is 4.79 Å². The molecule has 0 bridgehead atoms. The summed E-state index contributed by atoms with van der Waals surface area (Å²) in [7, 11) is 0. The van der Waals surface area contributed by atoms with Gasteiger partial charge in [-0.05, 0) is 19.8 Å². The predicted molar refractivity (Wildman–Crippen MR) is 88.1 cm³/mol. The van der Waals surface area contributed by atoms with Crippen LogP contribution in [0.4, 0.5) is 4.79 Å². The number of hydrogen-bond acceptors (Lipinski definition) is 4. The van der Waals surface area contributed by atoms with Crippen LogP contribution < -0.4 is 0 Å². The van der Waals surface area contributed by atoms with Crippen LogP contribution in [0.3, 0.4) is 0 Å². The van der Waals surface area contributed by atoms with E-state index in [4.69, 9.17) is 14.6 Å². The molecule has 1 aliphatic rings. The SMILES string of the molecule is CCCC(COC(=O)OCC)C1(CCC)C=CC(C(=O)O)C=C1. The van der Waals surface area contributed by atoms with Crippen molar-refractivity contribution in [2.24, 2.45) is 17.3 Å². The largest absolute Gasteiger partial charge is 0.508 e. The molecule has 1 atom stereocenters. The molecule has 0 aliphatic heterocycles. The first kappa shape index (κ1) is 19.3. The Balaban J connectivity index is 2.89. The molecule has 0 aromatic heterocycles. The number of allylic oxidation sites excluding steroid dienone is 2. The maximum absolute atomic E-state index is 11.5. The van der Waals surface area contributed by atoms with E-state index in [9.17, 15) is 9.59 Å². The molecule has 1 rings (SSSR count). The minimum atomic E-state index is -0.850. The van der Waals surface area contributed by atoms with Gasteiger partial charge in [-0.2, -0.15) is 0 Å². The van der Waals surface area contributed by atoms with E-state index in [1.54, 1.807) is 19.1 Å². The van der Waals surface area contributed by atoms with E-state index in [1.807, 2.05) is 12.2 Å². The molecule has 0 heterocycles. The van der Waals surface area contributed by atoms with Crippen molar-refractivity contribution in [1.29, 1.82) is 0 Å². The molecule has 1 aliphatic carbocycles. The summed E-state index contributed by atoms with van der Waals surface area (Å²) in [5.41, 5.74) is -0.261. The zero-order valence-electron chi connectivity index (χ0n) is 14.3. The van der Waals surface area contributed by atoms with Crippen molar-refractivity contribution in [2.45, 2.75) is 46.5 Å². The third kappa shape index (κ3) is 5.41. The molecule has 5 nitrogen and oxygen atoms in total. The second-order valence-corrected chi connectivity index (χ2v) is 5.92. The minimum absolute atomic E-state index is 0.110. The molecule has 0 aromatic rings. The number of carboxylic acids is 1. The quantitative estimate of drug-likeness (QED) is 0.508. The molecule has 1 unspecified atom stereocenters. The normalized spacial score (nSPS) is 24.2. The zero-order valence-corrected chi connectivity index (χ0v) is 14.3. The highest BCUT2D eigenvalue weighted by Gasteiger charge is 2.36. The van der Waals surface area contributed by atoms with Gasteiger partial charge >= 0.3 is 12.1 Å². The van der Waals surface area contributed by atoms with Gasteiger partial charge in [0, 0.05) is 11.3 Å². The Hall–Kier alpha value is -1.78. The molecule has 23 heavy (non-hydrogen) atoms. The topological polar surface area (TPSA) is 72.8 Å². The summed E-state index contributed by atoms with van der Waals surface area (Å²) in [5, 5.41) is 9.13. The lowest BCUT2D eigenvalue weighted by atomic mass is 9.68. The fourth-order valence-electron chi connectivity index (χ4n) is 3.11. The van der Waals surface area contributed by atoms with Crippen LogP contribution in [0.2, 0.25) is 0 Å². The van der Waals surface area contributed by atoms with Crippen molar-refractivity contribution < 1.29 is 24.2 Å². The van der Waals surface area contributed by atoms with Crippen LogP contribution in [0, 0.1) is 17.3 Å². The first-order valence-electron chi connectivity index (χ1n) is 8.40. The molecule has 5 heteroatoms. The van der Waals surface area contributed by atoms with Crippen LogP contribution >= 0.6 is 0 Å². The molecule has 0 fully saturated rings. The van der Waals surface area contributed by atoms with Crippen molar-refractivity contribution in [3.05, 3.63) is 24.3 Å². The average molecular weight is 324 g/mol. The highest BCUT2D eigenvalue weighted by Crippen LogP contribution is 2.42. The number of carbonyl (C=O) groups is 2. The van der Waals surface area contributed by atoms with E-state index in [2.05, 4.69) is 13.8 Å². The standard InChI is InChI=1S/C18H28O5/c1-4-7-15(13-23-17(21)22-6-3)18(10-5-2)11-8-14(9-12-18)16(19)20/h8-9,11-12,14-15H,4-7,10,13H2,1-3H3,(H,19,20). The summed E-state index contributed by atoms with van der Waals surface area (Å²) in [5.74, 6) is -1.32. The maximum Gasteiger partial charge on any atom is 0.508 e. The van der Waals surface area contributed by atoms with Gasteiger partial charge in [-0.15, -0.1) is 0 Å². The molecule has 0 saturated carbocycles. The average Bonchev–Trinajstić information content (AvgIpc) is 2.52. The minimum Gasteiger partial charge on any atom is -0.481 e.